The highest BCUT2D eigenvalue weighted by Crippen LogP contribution is 2.26. The van der Waals surface area contributed by atoms with E-state index < -0.39 is 0 Å². The molecule has 0 spiro atoms. The van der Waals surface area contributed by atoms with Crippen molar-refractivity contribution in [1.29, 1.82) is 0 Å². The minimum Gasteiger partial charge on any atom is -0.354 e. The van der Waals surface area contributed by atoms with E-state index in [1.54, 1.807) is 23.7 Å². The van der Waals surface area contributed by atoms with Crippen molar-refractivity contribution in [2.24, 2.45) is 0 Å². The first kappa shape index (κ1) is 12.4. The number of fused-ring (bicyclic) bond motifs is 1. The van der Waals surface area contributed by atoms with E-state index in [1.807, 2.05) is 30.8 Å². The van der Waals surface area contributed by atoms with Crippen LogP contribution in [0.15, 0.2) is 36.1 Å². The van der Waals surface area contributed by atoms with Crippen LogP contribution in [0, 0.1) is 0 Å². The van der Waals surface area contributed by atoms with Crippen LogP contribution in [-0.2, 0) is 12.4 Å². The molecule has 0 aliphatic rings. The van der Waals surface area contributed by atoms with E-state index in [-0.39, 0.29) is 0 Å². The lowest BCUT2D eigenvalue weighted by Gasteiger charge is -2.17. The summed E-state index contributed by atoms with van der Waals surface area (Å²) >= 11 is 7.68. The predicted molar refractivity (Wildman–Crippen MR) is 79.0 cm³/mol. The first-order valence-electron chi connectivity index (χ1n) is 5.90. The Balaban J connectivity index is 1.92. The van der Waals surface area contributed by atoms with Gasteiger partial charge in [0.25, 0.3) is 0 Å². The Bertz CT molecular complexity index is 676. The highest BCUT2D eigenvalue weighted by molar-refractivity contribution is 7.15. The molecule has 0 N–H and O–H groups in total. The van der Waals surface area contributed by atoms with E-state index >= 15 is 0 Å². The molecule has 0 saturated heterocycles. The molecular formula is C13H13ClN4S. The summed E-state index contributed by atoms with van der Waals surface area (Å²) in [5, 5.41) is 2.02. The number of hydrogen-bond donors (Lipinski definition) is 0. The van der Waals surface area contributed by atoms with Gasteiger partial charge in [-0.1, -0.05) is 0 Å². The van der Waals surface area contributed by atoms with Crippen molar-refractivity contribution in [3.8, 4) is 0 Å². The maximum absolute atomic E-state index is 6.06. The number of aromatic nitrogens is 3. The van der Waals surface area contributed by atoms with Crippen LogP contribution in [0.3, 0.4) is 0 Å². The maximum atomic E-state index is 6.06. The van der Waals surface area contributed by atoms with Crippen molar-refractivity contribution < 1.29 is 0 Å². The molecule has 0 unspecified atom stereocenters. The van der Waals surface area contributed by atoms with Gasteiger partial charge in [0.15, 0.2) is 10.8 Å². The van der Waals surface area contributed by atoms with Crippen LogP contribution in [0.1, 0.15) is 11.3 Å². The number of thiazole rings is 1. The molecule has 4 nitrogen and oxygen atoms in total. The van der Waals surface area contributed by atoms with Gasteiger partial charge in [0.05, 0.1) is 11.6 Å². The quantitative estimate of drug-likeness (QED) is 0.693. The van der Waals surface area contributed by atoms with E-state index in [0.29, 0.717) is 5.88 Å². The van der Waals surface area contributed by atoms with Gasteiger partial charge in [-0.15, -0.1) is 22.9 Å². The molecule has 0 atom stereocenters. The minimum atomic E-state index is 0.452. The van der Waals surface area contributed by atoms with E-state index in [2.05, 4.69) is 19.3 Å². The fourth-order valence-corrected chi connectivity index (χ4v) is 3.06. The number of pyridine rings is 1. The highest BCUT2D eigenvalue weighted by atomic mass is 35.5. The SMILES string of the molecule is CN(Cc1ccncc1)c1nc2sccn2c1CCl. The average Bonchev–Trinajstić information content (AvgIpc) is 2.99. The van der Waals surface area contributed by atoms with Gasteiger partial charge < -0.3 is 4.90 Å². The number of rotatable bonds is 4. The topological polar surface area (TPSA) is 33.4 Å². The number of halogens is 1. The molecule has 0 radical (unpaired) electrons. The Morgan fingerprint density at radius 2 is 2.16 bits per heavy atom. The van der Waals surface area contributed by atoms with E-state index in [1.165, 1.54) is 5.56 Å². The van der Waals surface area contributed by atoms with Crippen LogP contribution in [-0.4, -0.2) is 21.4 Å². The molecule has 0 aliphatic carbocycles. The first-order valence-corrected chi connectivity index (χ1v) is 7.31. The lowest BCUT2D eigenvalue weighted by Crippen LogP contribution is -2.18. The third kappa shape index (κ3) is 2.31. The standard InChI is InChI=1S/C13H13ClN4S/c1-17(9-10-2-4-15-5-3-10)12-11(8-14)18-6-7-19-13(18)16-12/h2-7H,8-9H2,1H3. The molecule has 3 aromatic rings. The summed E-state index contributed by atoms with van der Waals surface area (Å²) in [6.07, 6.45) is 5.61. The molecule has 19 heavy (non-hydrogen) atoms. The van der Waals surface area contributed by atoms with Crippen molar-refractivity contribution in [1.82, 2.24) is 14.4 Å². The molecule has 0 saturated carbocycles. The van der Waals surface area contributed by atoms with Gasteiger partial charge in [-0.05, 0) is 17.7 Å². The summed E-state index contributed by atoms with van der Waals surface area (Å²) in [6.45, 7) is 0.789. The van der Waals surface area contributed by atoms with Crippen LogP contribution < -0.4 is 4.90 Å². The Kier molecular flexibility index (Phi) is 3.40. The van der Waals surface area contributed by atoms with E-state index in [9.17, 15) is 0 Å². The molecular weight excluding hydrogens is 280 g/mol. The van der Waals surface area contributed by atoms with Crippen LogP contribution in [0.4, 0.5) is 5.82 Å². The largest absolute Gasteiger partial charge is 0.354 e. The van der Waals surface area contributed by atoms with Gasteiger partial charge in [-0.3, -0.25) is 9.38 Å². The van der Waals surface area contributed by atoms with Crippen molar-refractivity contribution in [2.75, 3.05) is 11.9 Å². The summed E-state index contributed by atoms with van der Waals surface area (Å²) in [6, 6.07) is 4.02. The number of hydrogen-bond acceptors (Lipinski definition) is 4. The number of nitrogens with zero attached hydrogens (tertiary/aromatic N) is 4. The highest BCUT2D eigenvalue weighted by Gasteiger charge is 2.15. The van der Waals surface area contributed by atoms with Gasteiger partial charge in [0.1, 0.15) is 0 Å². The third-order valence-electron chi connectivity index (χ3n) is 3.00. The zero-order valence-electron chi connectivity index (χ0n) is 10.5. The second-order valence-corrected chi connectivity index (χ2v) is 5.42. The van der Waals surface area contributed by atoms with E-state index in [0.717, 1.165) is 23.0 Å². The number of imidazole rings is 1. The van der Waals surface area contributed by atoms with E-state index in [4.69, 9.17) is 11.6 Å². The van der Waals surface area contributed by atoms with Crippen LogP contribution in [0.25, 0.3) is 4.96 Å². The normalized spacial score (nSPS) is 11.1. The fraction of sp³-hybridized carbons (Fsp3) is 0.231. The molecule has 0 aromatic carbocycles. The predicted octanol–water partition coefficient (Wildman–Crippen LogP) is 3.17. The van der Waals surface area contributed by atoms with Gasteiger partial charge >= 0.3 is 0 Å². The molecule has 0 aliphatic heterocycles. The molecule has 3 aromatic heterocycles. The van der Waals surface area contributed by atoms with Crippen molar-refractivity contribution in [3.63, 3.8) is 0 Å². The summed E-state index contributed by atoms with van der Waals surface area (Å²) < 4.78 is 2.05. The lowest BCUT2D eigenvalue weighted by molar-refractivity contribution is 0.892. The molecule has 3 rings (SSSR count). The van der Waals surface area contributed by atoms with Gasteiger partial charge in [0, 0.05) is 37.6 Å². The Morgan fingerprint density at radius 1 is 1.37 bits per heavy atom. The van der Waals surface area contributed by atoms with Gasteiger partial charge in [-0.2, -0.15) is 0 Å². The molecule has 6 heteroatoms. The number of alkyl halides is 1. The molecule has 98 valence electrons. The molecule has 3 heterocycles. The van der Waals surface area contributed by atoms with Crippen LogP contribution in [0.5, 0.6) is 0 Å². The van der Waals surface area contributed by atoms with Crippen molar-refractivity contribution in [3.05, 3.63) is 47.4 Å². The maximum Gasteiger partial charge on any atom is 0.195 e. The lowest BCUT2D eigenvalue weighted by atomic mass is 10.2. The summed E-state index contributed by atoms with van der Waals surface area (Å²) in [7, 11) is 2.03. The molecule has 0 bridgehead atoms. The van der Waals surface area contributed by atoms with Gasteiger partial charge in [-0.25, -0.2) is 4.98 Å². The van der Waals surface area contributed by atoms with Crippen molar-refractivity contribution >= 4 is 33.7 Å². The third-order valence-corrected chi connectivity index (χ3v) is 4.01. The van der Waals surface area contributed by atoms with Crippen molar-refractivity contribution in [2.45, 2.75) is 12.4 Å². The summed E-state index contributed by atoms with van der Waals surface area (Å²) in [5.74, 6) is 1.40. The van der Waals surface area contributed by atoms with Crippen LogP contribution in [0.2, 0.25) is 0 Å². The smallest absolute Gasteiger partial charge is 0.195 e. The molecule has 0 fully saturated rings. The zero-order chi connectivity index (χ0) is 13.2. The second-order valence-electron chi connectivity index (χ2n) is 4.28. The average molecular weight is 293 g/mol. The Labute approximate surface area is 120 Å². The fourth-order valence-electron chi connectivity index (χ4n) is 2.09. The summed E-state index contributed by atoms with van der Waals surface area (Å²) in [4.78, 5) is 11.8. The first-order chi connectivity index (χ1) is 9.29. The Hall–Kier alpha value is -1.59. The summed E-state index contributed by atoms with van der Waals surface area (Å²) in [5.41, 5.74) is 2.24. The number of anilines is 1. The second kappa shape index (κ2) is 5.19. The monoisotopic (exact) mass is 292 g/mol. The van der Waals surface area contributed by atoms with Crippen LogP contribution >= 0.6 is 22.9 Å². The minimum absolute atomic E-state index is 0.452. The molecule has 0 amide bonds. The Morgan fingerprint density at radius 3 is 2.89 bits per heavy atom. The van der Waals surface area contributed by atoms with Gasteiger partial charge in [0.2, 0.25) is 0 Å². The zero-order valence-corrected chi connectivity index (χ0v) is 12.0.